The van der Waals surface area contributed by atoms with Gasteiger partial charge in [0.2, 0.25) is 0 Å². The molecule has 2 aromatic rings. The molecule has 1 aromatic carbocycles. The molecule has 0 spiro atoms. The SMILES string of the molecule is CCc1ccccc1Cn1cnnc1CCl. The van der Waals surface area contributed by atoms with Crippen LogP contribution in [0.1, 0.15) is 23.9 Å². The highest BCUT2D eigenvalue weighted by Gasteiger charge is 2.05. The molecule has 4 heteroatoms. The first-order chi connectivity index (χ1) is 7.85. The lowest BCUT2D eigenvalue weighted by molar-refractivity contribution is 0.747. The van der Waals surface area contributed by atoms with Crippen LogP contribution in [0, 0.1) is 0 Å². The fourth-order valence-corrected chi connectivity index (χ4v) is 1.96. The van der Waals surface area contributed by atoms with Crippen molar-refractivity contribution in [3.63, 3.8) is 0 Å². The van der Waals surface area contributed by atoms with Gasteiger partial charge in [-0.15, -0.1) is 21.8 Å². The number of aryl methyl sites for hydroxylation is 1. The van der Waals surface area contributed by atoms with E-state index in [1.165, 1.54) is 11.1 Å². The summed E-state index contributed by atoms with van der Waals surface area (Å²) in [6.45, 7) is 2.95. The summed E-state index contributed by atoms with van der Waals surface area (Å²) in [4.78, 5) is 0. The first kappa shape index (κ1) is 11.1. The maximum atomic E-state index is 5.79. The molecule has 1 heterocycles. The Morgan fingerprint density at radius 3 is 2.69 bits per heavy atom. The molecule has 1 aromatic heterocycles. The minimum Gasteiger partial charge on any atom is -0.312 e. The van der Waals surface area contributed by atoms with Gasteiger partial charge in [-0.25, -0.2) is 0 Å². The van der Waals surface area contributed by atoms with Gasteiger partial charge in [-0.3, -0.25) is 0 Å². The Hall–Kier alpha value is -1.35. The Labute approximate surface area is 100 Å². The first-order valence-corrected chi connectivity index (χ1v) is 5.88. The van der Waals surface area contributed by atoms with Crippen molar-refractivity contribution in [2.75, 3.05) is 0 Å². The zero-order chi connectivity index (χ0) is 11.4. The third kappa shape index (κ3) is 2.25. The van der Waals surface area contributed by atoms with Crippen LogP contribution in [0.4, 0.5) is 0 Å². The van der Waals surface area contributed by atoms with Gasteiger partial charge in [0.05, 0.1) is 12.4 Å². The molecular formula is C12H14ClN3. The van der Waals surface area contributed by atoms with Crippen LogP contribution in [0.2, 0.25) is 0 Å². The highest BCUT2D eigenvalue weighted by Crippen LogP contribution is 2.12. The van der Waals surface area contributed by atoms with Gasteiger partial charge in [-0.2, -0.15) is 0 Å². The maximum absolute atomic E-state index is 5.79. The Morgan fingerprint density at radius 1 is 1.25 bits per heavy atom. The average Bonchev–Trinajstić information content (AvgIpc) is 2.77. The van der Waals surface area contributed by atoms with E-state index >= 15 is 0 Å². The van der Waals surface area contributed by atoms with Crippen LogP contribution < -0.4 is 0 Å². The van der Waals surface area contributed by atoms with Crippen LogP contribution in [0.15, 0.2) is 30.6 Å². The summed E-state index contributed by atoms with van der Waals surface area (Å²) in [5.41, 5.74) is 2.66. The van der Waals surface area contributed by atoms with E-state index in [4.69, 9.17) is 11.6 Å². The highest BCUT2D eigenvalue weighted by molar-refractivity contribution is 6.16. The van der Waals surface area contributed by atoms with Crippen LogP contribution in [0.25, 0.3) is 0 Å². The standard InChI is InChI=1S/C12H14ClN3/c1-2-10-5-3-4-6-11(10)8-16-9-14-15-12(16)7-13/h3-6,9H,2,7-8H2,1H3. The van der Waals surface area contributed by atoms with Gasteiger partial charge in [-0.1, -0.05) is 31.2 Å². The van der Waals surface area contributed by atoms with Gasteiger partial charge in [0, 0.05) is 0 Å². The van der Waals surface area contributed by atoms with Gasteiger partial charge in [0.15, 0.2) is 0 Å². The summed E-state index contributed by atoms with van der Waals surface area (Å²) < 4.78 is 1.99. The Morgan fingerprint density at radius 2 is 2.00 bits per heavy atom. The zero-order valence-corrected chi connectivity index (χ0v) is 9.98. The van der Waals surface area contributed by atoms with Crippen molar-refractivity contribution in [2.24, 2.45) is 0 Å². The van der Waals surface area contributed by atoms with Crippen molar-refractivity contribution >= 4 is 11.6 Å². The summed E-state index contributed by atoms with van der Waals surface area (Å²) >= 11 is 5.79. The number of nitrogens with zero attached hydrogens (tertiary/aromatic N) is 3. The first-order valence-electron chi connectivity index (χ1n) is 5.34. The van der Waals surface area contributed by atoms with Gasteiger partial charge < -0.3 is 4.57 Å². The molecule has 0 atom stereocenters. The van der Waals surface area contributed by atoms with Crippen LogP contribution in [0.5, 0.6) is 0 Å². The number of rotatable bonds is 4. The van der Waals surface area contributed by atoms with Crippen molar-refractivity contribution in [3.05, 3.63) is 47.5 Å². The molecule has 0 radical (unpaired) electrons. The summed E-state index contributed by atoms with van der Waals surface area (Å²) in [5, 5.41) is 7.84. The summed E-state index contributed by atoms with van der Waals surface area (Å²) in [6, 6.07) is 8.41. The fraction of sp³-hybridized carbons (Fsp3) is 0.333. The second-order valence-corrected chi connectivity index (χ2v) is 3.90. The number of hydrogen-bond acceptors (Lipinski definition) is 2. The predicted octanol–water partition coefficient (Wildman–Crippen LogP) is 2.63. The normalized spacial score (nSPS) is 10.6. The molecule has 16 heavy (non-hydrogen) atoms. The summed E-state index contributed by atoms with van der Waals surface area (Å²) in [5.74, 6) is 1.21. The summed E-state index contributed by atoms with van der Waals surface area (Å²) in [6.07, 6.45) is 2.76. The molecule has 0 saturated carbocycles. The van der Waals surface area contributed by atoms with E-state index in [-0.39, 0.29) is 0 Å². The molecule has 0 N–H and O–H groups in total. The van der Waals surface area contributed by atoms with E-state index in [1.54, 1.807) is 6.33 Å². The number of alkyl halides is 1. The van der Waals surface area contributed by atoms with Crippen molar-refractivity contribution in [1.82, 2.24) is 14.8 Å². The molecule has 0 aliphatic carbocycles. The molecule has 0 saturated heterocycles. The molecule has 3 nitrogen and oxygen atoms in total. The molecule has 0 aliphatic rings. The molecule has 0 unspecified atom stereocenters. The van der Waals surface area contributed by atoms with Crippen molar-refractivity contribution < 1.29 is 0 Å². The van der Waals surface area contributed by atoms with Gasteiger partial charge >= 0.3 is 0 Å². The molecule has 2 rings (SSSR count). The molecular weight excluding hydrogens is 222 g/mol. The van der Waals surface area contributed by atoms with E-state index in [9.17, 15) is 0 Å². The minimum atomic E-state index is 0.397. The van der Waals surface area contributed by atoms with Crippen molar-refractivity contribution in [3.8, 4) is 0 Å². The smallest absolute Gasteiger partial charge is 0.148 e. The number of halogens is 1. The van der Waals surface area contributed by atoms with E-state index in [0.717, 1.165) is 18.8 Å². The van der Waals surface area contributed by atoms with Crippen LogP contribution in [-0.2, 0) is 18.8 Å². The van der Waals surface area contributed by atoms with E-state index in [0.29, 0.717) is 5.88 Å². The number of aromatic nitrogens is 3. The monoisotopic (exact) mass is 235 g/mol. The van der Waals surface area contributed by atoms with Crippen LogP contribution >= 0.6 is 11.6 Å². The molecule has 0 aliphatic heterocycles. The largest absolute Gasteiger partial charge is 0.312 e. The van der Waals surface area contributed by atoms with E-state index < -0.39 is 0 Å². The molecule has 0 bridgehead atoms. The molecule has 0 amide bonds. The second kappa shape index (κ2) is 5.12. The average molecular weight is 236 g/mol. The lowest BCUT2D eigenvalue weighted by Gasteiger charge is -2.09. The van der Waals surface area contributed by atoms with Gasteiger partial charge in [0.25, 0.3) is 0 Å². The minimum absolute atomic E-state index is 0.397. The number of hydrogen-bond donors (Lipinski definition) is 0. The van der Waals surface area contributed by atoms with Crippen LogP contribution in [0.3, 0.4) is 0 Å². The Bertz CT molecular complexity index is 465. The Kier molecular flexibility index (Phi) is 3.57. The molecule has 0 fully saturated rings. The van der Waals surface area contributed by atoms with Gasteiger partial charge in [0.1, 0.15) is 12.2 Å². The lowest BCUT2D eigenvalue weighted by atomic mass is 10.1. The molecule has 84 valence electrons. The lowest BCUT2D eigenvalue weighted by Crippen LogP contribution is -2.04. The van der Waals surface area contributed by atoms with E-state index in [2.05, 4.69) is 41.4 Å². The number of benzene rings is 1. The topological polar surface area (TPSA) is 30.7 Å². The second-order valence-electron chi connectivity index (χ2n) is 3.63. The summed E-state index contributed by atoms with van der Waals surface area (Å²) in [7, 11) is 0. The maximum Gasteiger partial charge on any atom is 0.148 e. The van der Waals surface area contributed by atoms with Crippen LogP contribution in [-0.4, -0.2) is 14.8 Å². The van der Waals surface area contributed by atoms with Crippen molar-refractivity contribution in [1.29, 1.82) is 0 Å². The fourth-order valence-electron chi connectivity index (χ4n) is 1.75. The highest BCUT2D eigenvalue weighted by atomic mass is 35.5. The van der Waals surface area contributed by atoms with Crippen molar-refractivity contribution in [2.45, 2.75) is 25.8 Å². The van der Waals surface area contributed by atoms with E-state index in [1.807, 2.05) is 4.57 Å². The quantitative estimate of drug-likeness (QED) is 0.763. The third-order valence-electron chi connectivity index (χ3n) is 2.66. The van der Waals surface area contributed by atoms with Gasteiger partial charge in [-0.05, 0) is 17.5 Å². The third-order valence-corrected chi connectivity index (χ3v) is 2.89. The predicted molar refractivity (Wildman–Crippen MR) is 64.5 cm³/mol. The Balaban J connectivity index is 2.26. The zero-order valence-electron chi connectivity index (χ0n) is 9.23.